The van der Waals surface area contributed by atoms with Crippen molar-refractivity contribution in [1.82, 2.24) is 4.98 Å². The van der Waals surface area contributed by atoms with Crippen molar-refractivity contribution >= 4 is 33.2 Å². The molecule has 0 saturated heterocycles. The van der Waals surface area contributed by atoms with Crippen molar-refractivity contribution in [3.63, 3.8) is 0 Å². The van der Waals surface area contributed by atoms with Gasteiger partial charge in [-0.2, -0.15) is 0 Å². The van der Waals surface area contributed by atoms with E-state index in [1.54, 1.807) is 40.1 Å². The molecule has 0 radical (unpaired) electrons. The van der Waals surface area contributed by atoms with Crippen LogP contribution < -0.4 is 9.80 Å². The van der Waals surface area contributed by atoms with Gasteiger partial charge in [0.1, 0.15) is 0 Å². The van der Waals surface area contributed by atoms with Crippen molar-refractivity contribution in [3.8, 4) is 11.3 Å². The third kappa shape index (κ3) is 3.64. The second kappa shape index (κ2) is 6.95. The van der Waals surface area contributed by atoms with Gasteiger partial charge in [0, 0.05) is 31.2 Å². The molecule has 1 saturated carbocycles. The number of fused-ring (bicyclic) bond motifs is 1. The standard InChI is InChI=1S/C21H23N3O4S/c1-13-12-23(21(26)16-4-5-16)20-19(24(13)14(2)25)11-10-18(22-20)15-6-8-17(9-7-15)29(3,27)28/h6-11,13,16H,4-5,12H2,1-3H3. The van der Waals surface area contributed by atoms with Crippen LogP contribution in [0, 0.1) is 5.92 Å². The summed E-state index contributed by atoms with van der Waals surface area (Å²) in [5.74, 6) is 0.487. The minimum absolute atomic E-state index is 0.0402. The molecule has 152 valence electrons. The molecule has 0 N–H and O–H groups in total. The van der Waals surface area contributed by atoms with Gasteiger partial charge >= 0.3 is 0 Å². The third-order valence-electron chi connectivity index (χ3n) is 5.37. The van der Waals surface area contributed by atoms with Crippen molar-refractivity contribution in [2.24, 2.45) is 5.92 Å². The molecule has 2 aromatic rings. The number of aromatic nitrogens is 1. The maximum Gasteiger partial charge on any atom is 0.231 e. The zero-order valence-corrected chi connectivity index (χ0v) is 17.4. The average molecular weight is 413 g/mol. The van der Waals surface area contributed by atoms with E-state index in [4.69, 9.17) is 4.98 Å². The Kier molecular flexibility index (Phi) is 4.69. The van der Waals surface area contributed by atoms with Crippen molar-refractivity contribution in [1.29, 1.82) is 0 Å². The molecule has 8 heteroatoms. The Hall–Kier alpha value is -2.74. The van der Waals surface area contributed by atoms with Gasteiger partial charge in [-0.05, 0) is 44.0 Å². The Labute approximate surface area is 170 Å². The summed E-state index contributed by atoms with van der Waals surface area (Å²) in [6, 6.07) is 9.96. The van der Waals surface area contributed by atoms with Gasteiger partial charge < -0.3 is 4.90 Å². The zero-order valence-electron chi connectivity index (χ0n) is 16.6. The summed E-state index contributed by atoms with van der Waals surface area (Å²) >= 11 is 0. The second-order valence-electron chi connectivity index (χ2n) is 7.80. The largest absolute Gasteiger partial charge is 0.305 e. The van der Waals surface area contributed by atoms with Gasteiger partial charge in [0.25, 0.3) is 0 Å². The van der Waals surface area contributed by atoms with E-state index in [1.165, 1.54) is 6.92 Å². The van der Waals surface area contributed by atoms with Crippen LogP contribution in [-0.4, -0.2) is 44.1 Å². The molecule has 1 aliphatic heterocycles. The van der Waals surface area contributed by atoms with E-state index >= 15 is 0 Å². The predicted octanol–water partition coefficient (Wildman–Crippen LogP) is 2.65. The summed E-state index contributed by atoms with van der Waals surface area (Å²) in [6.07, 6.45) is 2.95. The summed E-state index contributed by atoms with van der Waals surface area (Å²) in [7, 11) is -3.28. The van der Waals surface area contributed by atoms with Crippen molar-refractivity contribution in [2.45, 2.75) is 37.6 Å². The summed E-state index contributed by atoms with van der Waals surface area (Å²) in [6.45, 7) is 3.84. The van der Waals surface area contributed by atoms with Crippen LogP contribution in [0.3, 0.4) is 0 Å². The molecular weight excluding hydrogens is 390 g/mol. The van der Waals surface area contributed by atoms with Gasteiger partial charge in [-0.15, -0.1) is 0 Å². The number of rotatable bonds is 3. The van der Waals surface area contributed by atoms with Gasteiger partial charge in [0.2, 0.25) is 11.8 Å². The Morgan fingerprint density at radius 1 is 1.07 bits per heavy atom. The Morgan fingerprint density at radius 2 is 1.72 bits per heavy atom. The smallest absolute Gasteiger partial charge is 0.231 e. The third-order valence-corrected chi connectivity index (χ3v) is 6.50. The van der Waals surface area contributed by atoms with Crippen LogP contribution in [-0.2, 0) is 19.4 Å². The number of amides is 2. The molecule has 1 aliphatic carbocycles. The first-order valence-electron chi connectivity index (χ1n) is 9.59. The molecule has 2 aliphatic rings. The van der Waals surface area contributed by atoms with Crippen LogP contribution in [0.5, 0.6) is 0 Å². The molecule has 1 unspecified atom stereocenters. The van der Waals surface area contributed by atoms with E-state index in [1.807, 2.05) is 13.0 Å². The zero-order chi connectivity index (χ0) is 20.9. The number of carbonyl (C=O) groups is 2. The molecule has 2 heterocycles. The predicted molar refractivity (Wildman–Crippen MR) is 110 cm³/mol. The maximum absolute atomic E-state index is 12.9. The van der Waals surface area contributed by atoms with Crippen molar-refractivity contribution in [3.05, 3.63) is 36.4 Å². The van der Waals surface area contributed by atoms with Crippen LogP contribution in [0.4, 0.5) is 11.5 Å². The first-order valence-corrected chi connectivity index (χ1v) is 11.5. The topological polar surface area (TPSA) is 87.7 Å². The maximum atomic E-state index is 12.9. The van der Waals surface area contributed by atoms with Gasteiger partial charge in [0.15, 0.2) is 15.7 Å². The number of benzene rings is 1. The van der Waals surface area contributed by atoms with Gasteiger partial charge in [-0.3, -0.25) is 14.5 Å². The fraction of sp³-hybridized carbons (Fsp3) is 0.381. The monoisotopic (exact) mass is 413 g/mol. The summed E-state index contributed by atoms with van der Waals surface area (Å²) in [4.78, 5) is 33.4. The fourth-order valence-electron chi connectivity index (χ4n) is 3.76. The molecule has 1 fully saturated rings. The van der Waals surface area contributed by atoms with E-state index in [9.17, 15) is 18.0 Å². The van der Waals surface area contributed by atoms with Gasteiger partial charge in [0.05, 0.1) is 22.3 Å². The highest BCUT2D eigenvalue weighted by Crippen LogP contribution is 2.40. The summed E-state index contributed by atoms with van der Waals surface area (Å²) in [5.41, 5.74) is 1.99. The van der Waals surface area contributed by atoms with Crippen LogP contribution >= 0.6 is 0 Å². The molecule has 0 spiro atoms. The minimum Gasteiger partial charge on any atom is -0.305 e. The first-order chi connectivity index (χ1) is 13.7. The molecule has 4 rings (SSSR count). The second-order valence-corrected chi connectivity index (χ2v) is 9.81. The highest BCUT2D eigenvalue weighted by molar-refractivity contribution is 7.90. The highest BCUT2D eigenvalue weighted by Gasteiger charge is 2.40. The van der Waals surface area contributed by atoms with Crippen LogP contribution in [0.2, 0.25) is 0 Å². The Bertz CT molecular complexity index is 1090. The molecule has 29 heavy (non-hydrogen) atoms. The summed E-state index contributed by atoms with van der Waals surface area (Å²) < 4.78 is 23.4. The quantitative estimate of drug-likeness (QED) is 0.772. The SMILES string of the molecule is CC(=O)N1c2ccc(-c3ccc(S(C)(=O)=O)cc3)nc2N(C(=O)C2CC2)CC1C. The molecule has 0 bridgehead atoms. The molecular formula is C21H23N3O4S. The number of carbonyl (C=O) groups excluding carboxylic acids is 2. The lowest BCUT2D eigenvalue weighted by Crippen LogP contribution is -2.52. The lowest BCUT2D eigenvalue weighted by Gasteiger charge is -2.40. The first kappa shape index (κ1) is 19.6. The molecule has 1 aromatic carbocycles. The highest BCUT2D eigenvalue weighted by atomic mass is 32.2. The van der Waals surface area contributed by atoms with Crippen LogP contribution in [0.25, 0.3) is 11.3 Å². The molecule has 1 aromatic heterocycles. The average Bonchev–Trinajstić information content (AvgIpc) is 3.51. The van der Waals surface area contributed by atoms with E-state index < -0.39 is 9.84 Å². The Balaban J connectivity index is 1.78. The van der Waals surface area contributed by atoms with Crippen LogP contribution in [0.1, 0.15) is 26.7 Å². The van der Waals surface area contributed by atoms with E-state index in [0.717, 1.165) is 24.7 Å². The number of sulfone groups is 1. The molecule has 7 nitrogen and oxygen atoms in total. The van der Waals surface area contributed by atoms with Crippen LogP contribution in [0.15, 0.2) is 41.3 Å². The van der Waals surface area contributed by atoms with Crippen molar-refractivity contribution in [2.75, 3.05) is 22.6 Å². The normalized spacial score (nSPS) is 19.1. The molecule has 2 amide bonds. The van der Waals surface area contributed by atoms with E-state index in [-0.39, 0.29) is 28.7 Å². The summed E-state index contributed by atoms with van der Waals surface area (Å²) in [5, 5.41) is 0. The molecule has 1 atom stereocenters. The van der Waals surface area contributed by atoms with Crippen molar-refractivity contribution < 1.29 is 18.0 Å². The van der Waals surface area contributed by atoms with Gasteiger partial charge in [-0.1, -0.05) is 12.1 Å². The lowest BCUT2D eigenvalue weighted by molar-refractivity contribution is -0.120. The number of anilines is 2. The lowest BCUT2D eigenvalue weighted by atomic mass is 10.1. The minimum atomic E-state index is -3.28. The van der Waals surface area contributed by atoms with Gasteiger partial charge in [-0.25, -0.2) is 13.4 Å². The van der Waals surface area contributed by atoms with E-state index in [2.05, 4.69) is 0 Å². The number of hydrogen-bond donors (Lipinski definition) is 0. The number of nitrogens with zero attached hydrogens (tertiary/aromatic N) is 3. The van der Waals surface area contributed by atoms with E-state index in [0.29, 0.717) is 23.7 Å². The Morgan fingerprint density at radius 3 is 2.28 bits per heavy atom. The fourth-order valence-corrected chi connectivity index (χ4v) is 4.39. The number of pyridine rings is 1. The number of hydrogen-bond acceptors (Lipinski definition) is 5.